The van der Waals surface area contributed by atoms with Gasteiger partial charge in [0.05, 0.1) is 12.5 Å². The number of sulfonamides is 1. The molecule has 1 aliphatic rings. The highest BCUT2D eigenvalue weighted by Crippen LogP contribution is 2.17. The van der Waals surface area contributed by atoms with Crippen molar-refractivity contribution < 1.29 is 8.42 Å². The molecule has 0 radical (unpaired) electrons. The summed E-state index contributed by atoms with van der Waals surface area (Å²) >= 11 is 0. The van der Waals surface area contributed by atoms with Crippen LogP contribution in [0.3, 0.4) is 0 Å². The summed E-state index contributed by atoms with van der Waals surface area (Å²) in [6.45, 7) is 4.25. The summed E-state index contributed by atoms with van der Waals surface area (Å²) in [7, 11) is -3.11. The molecule has 0 bridgehead atoms. The molecule has 1 aliphatic heterocycles. The number of aromatic nitrogens is 3. The summed E-state index contributed by atoms with van der Waals surface area (Å²) in [6.07, 6.45) is 4.97. The van der Waals surface area contributed by atoms with Gasteiger partial charge in [-0.1, -0.05) is 6.07 Å². The number of pyridine rings is 1. The molecule has 0 spiro atoms. The average Bonchev–Trinajstić information content (AvgIpc) is 2.93. The van der Waals surface area contributed by atoms with Gasteiger partial charge in [-0.05, 0) is 24.6 Å². The molecule has 0 amide bonds. The zero-order valence-electron chi connectivity index (χ0n) is 12.7. The molecule has 0 unspecified atom stereocenters. The minimum absolute atomic E-state index is 0.492. The van der Waals surface area contributed by atoms with Crippen molar-refractivity contribution in [1.29, 1.82) is 0 Å². The maximum Gasteiger partial charge on any atom is 0.211 e. The Labute approximate surface area is 130 Å². The van der Waals surface area contributed by atoms with Crippen LogP contribution in [0.1, 0.15) is 5.56 Å². The normalized spacial score (nSPS) is 16.9. The first kappa shape index (κ1) is 15.0. The van der Waals surface area contributed by atoms with E-state index in [1.165, 1.54) is 10.6 Å². The number of nitrogens with zero attached hydrogens (tertiary/aromatic N) is 5. The van der Waals surface area contributed by atoms with Crippen molar-refractivity contribution in [2.24, 2.45) is 0 Å². The molecule has 0 atom stereocenters. The minimum Gasteiger partial charge on any atom is -0.354 e. The number of anilines is 1. The fourth-order valence-corrected chi connectivity index (χ4v) is 3.33. The maximum absolute atomic E-state index is 11.6. The number of hydrogen-bond acceptors (Lipinski definition) is 5. The fraction of sp³-hybridized carbons (Fsp3) is 0.429. The third-order valence-corrected chi connectivity index (χ3v) is 5.00. The summed E-state index contributed by atoms with van der Waals surface area (Å²) in [5, 5.41) is 4.26. The molecule has 2 aromatic heterocycles. The number of hydrogen-bond donors (Lipinski definition) is 0. The molecular formula is C14H19N5O2S. The lowest BCUT2D eigenvalue weighted by Gasteiger charge is -2.34. The average molecular weight is 321 g/mol. The summed E-state index contributed by atoms with van der Waals surface area (Å²) in [6, 6.07) is 5.79. The lowest BCUT2D eigenvalue weighted by Crippen LogP contribution is -2.48. The molecule has 3 rings (SSSR count). The SMILES string of the molecule is Cc1cnn(-c2cccc(N3CCN(S(C)(=O)=O)CC3)n2)c1. The Hall–Kier alpha value is -1.93. The van der Waals surface area contributed by atoms with Crippen molar-refractivity contribution in [3.63, 3.8) is 0 Å². The van der Waals surface area contributed by atoms with Gasteiger partial charge < -0.3 is 4.90 Å². The second-order valence-electron chi connectivity index (χ2n) is 5.47. The Bertz CT molecular complexity index is 763. The van der Waals surface area contributed by atoms with E-state index in [0.717, 1.165) is 17.2 Å². The van der Waals surface area contributed by atoms with Crippen LogP contribution in [0.15, 0.2) is 30.6 Å². The highest BCUT2D eigenvalue weighted by Gasteiger charge is 2.24. The first-order valence-electron chi connectivity index (χ1n) is 7.12. The molecule has 1 fully saturated rings. The van der Waals surface area contributed by atoms with Crippen molar-refractivity contribution in [2.45, 2.75) is 6.92 Å². The van der Waals surface area contributed by atoms with Crippen LogP contribution in [0.25, 0.3) is 5.82 Å². The van der Waals surface area contributed by atoms with Crippen molar-refractivity contribution in [1.82, 2.24) is 19.1 Å². The molecule has 118 valence electrons. The van der Waals surface area contributed by atoms with Crippen LogP contribution in [-0.2, 0) is 10.0 Å². The van der Waals surface area contributed by atoms with Gasteiger partial charge in [-0.3, -0.25) is 0 Å². The van der Waals surface area contributed by atoms with Gasteiger partial charge in [-0.25, -0.2) is 18.1 Å². The Kier molecular flexibility index (Phi) is 3.88. The predicted octanol–water partition coefficient (Wildman–Crippen LogP) is 0.657. The monoisotopic (exact) mass is 321 g/mol. The smallest absolute Gasteiger partial charge is 0.211 e. The van der Waals surface area contributed by atoms with Crippen molar-refractivity contribution >= 4 is 15.8 Å². The number of rotatable bonds is 3. The lowest BCUT2D eigenvalue weighted by atomic mass is 10.3. The largest absolute Gasteiger partial charge is 0.354 e. The first-order valence-corrected chi connectivity index (χ1v) is 8.97. The molecule has 2 aromatic rings. The van der Waals surface area contributed by atoms with E-state index in [4.69, 9.17) is 0 Å². The van der Waals surface area contributed by atoms with Gasteiger partial charge in [-0.2, -0.15) is 9.40 Å². The molecule has 0 N–H and O–H groups in total. The third-order valence-electron chi connectivity index (χ3n) is 3.70. The second-order valence-corrected chi connectivity index (χ2v) is 7.45. The highest BCUT2D eigenvalue weighted by molar-refractivity contribution is 7.88. The number of aryl methyl sites for hydroxylation is 1. The lowest BCUT2D eigenvalue weighted by molar-refractivity contribution is 0.387. The van der Waals surface area contributed by atoms with E-state index >= 15 is 0 Å². The van der Waals surface area contributed by atoms with E-state index in [9.17, 15) is 8.42 Å². The van der Waals surface area contributed by atoms with E-state index < -0.39 is 10.0 Å². The number of piperazine rings is 1. The molecular weight excluding hydrogens is 302 g/mol. The van der Waals surface area contributed by atoms with Gasteiger partial charge in [0.15, 0.2) is 5.82 Å². The first-order chi connectivity index (χ1) is 10.4. The Balaban J connectivity index is 1.77. The van der Waals surface area contributed by atoms with Crippen LogP contribution >= 0.6 is 0 Å². The standard InChI is InChI=1S/C14H19N5O2S/c1-12-10-15-19(11-12)14-5-3-4-13(16-14)17-6-8-18(9-7-17)22(2,20)21/h3-5,10-11H,6-9H2,1-2H3. The van der Waals surface area contributed by atoms with Crippen LogP contribution in [0.5, 0.6) is 0 Å². The van der Waals surface area contributed by atoms with Gasteiger partial charge in [-0.15, -0.1) is 0 Å². The van der Waals surface area contributed by atoms with E-state index in [0.29, 0.717) is 26.2 Å². The summed E-state index contributed by atoms with van der Waals surface area (Å²) in [5.41, 5.74) is 1.08. The zero-order chi connectivity index (χ0) is 15.7. The van der Waals surface area contributed by atoms with E-state index in [1.54, 1.807) is 10.9 Å². The fourth-order valence-electron chi connectivity index (χ4n) is 2.50. The zero-order valence-corrected chi connectivity index (χ0v) is 13.5. The van der Waals surface area contributed by atoms with E-state index in [-0.39, 0.29) is 0 Å². The Morgan fingerprint density at radius 1 is 1.09 bits per heavy atom. The van der Waals surface area contributed by atoms with E-state index in [1.807, 2.05) is 31.3 Å². The van der Waals surface area contributed by atoms with Crippen LogP contribution in [-0.4, -0.2) is 59.9 Å². The Morgan fingerprint density at radius 3 is 2.36 bits per heavy atom. The van der Waals surface area contributed by atoms with Gasteiger partial charge in [0.1, 0.15) is 5.82 Å². The molecule has 8 heteroatoms. The maximum atomic E-state index is 11.6. The van der Waals surface area contributed by atoms with Crippen LogP contribution < -0.4 is 4.90 Å². The molecule has 3 heterocycles. The quantitative estimate of drug-likeness (QED) is 0.830. The topological polar surface area (TPSA) is 71.3 Å². The predicted molar refractivity (Wildman–Crippen MR) is 84.7 cm³/mol. The molecule has 0 aliphatic carbocycles. The van der Waals surface area contributed by atoms with E-state index in [2.05, 4.69) is 15.0 Å². The molecule has 7 nitrogen and oxygen atoms in total. The third kappa shape index (κ3) is 3.12. The van der Waals surface area contributed by atoms with Gasteiger partial charge >= 0.3 is 0 Å². The van der Waals surface area contributed by atoms with Crippen molar-refractivity contribution in [2.75, 3.05) is 37.3 Å². The molecule has 0 saturated carbocycles. The molecule has 1 saturated heterocycles. The van der Waals surface area contributed by atoms with Gasteiger partial charge in [0, 0.05) is 32.4 Å². The van der Waals surface area contributed by atoms with Crippen LogP contribution in [0, 0.1) is 6.92 Å². The van der Waals surface area contributed by atoms with Crippen LogP contribution in [0.2, 0.25) is 0 Å². The Morgan fingerprint density at radius 2 is 1.77 bits per heavy atom. The minimum atomic E-state index is -3.11. The summed E-state index contributed by atoms with van der Waals surface area (Å²) in [5.74, 6) is 1.61. The van der Waals surface area contributed by atoms with Crippen molar-refractivity contribution in [3.05, 3.63) is 36.2 Å². The van der Waals surface area contributed by atoms with Crippen molar-refractivity contribution in [3.8, 4) is 5.82 Å². The summed E-state index contributed by atoms with van der Waals surface area (Å²) in [4.78, 5) is 6.72. The molecule has 22 heavy (non-hydrogen) atoms. The second kappa shape index (κ2) is 5.69. The summed E-state index contributed by atoms with van der Waals surface area (Å²) < 4.78 is 26.3. The van der Waals surface area contributed by atoms with Gasteiger partial charge in [0.2, 0.25) is 10.0 Å². The van der Waals surface area contributed by atoms with Crippen LogP contribution in [0.4, 0.5) is 5.82 Å². The highest BCUT2D eigenvalue weighted by atomic mass is 32.2. The molecule has 0 aromatic carbocycles. The van der Waals surface area contributed by atoms with Gasteiger partial charge in [0.25, 0.3) is 0 Å².